The molecule has 2 aliphatic heterocycles. The predicted octanol–water partition coefficient (Wildman–Crippen LogP) is -0.556. The summed E-state index contributed by atoms with van der Waals surface area (Å²) in [6.45, 7) is 2.16. The first-order valence-corrected chi connectivity index (χ1v) is 7.50. The molecule has 1 fully saturated rings. The third-order valence-corrected chi connectivity index (χ3v) is 4.63. The number of hydrogen-bond donors (Lipinski definition) is 1. The molecule has 1 atom stereocenters. The summed E-state index contributed by atoms with van der Waals surface area (Å²) >= 11 is 0. The standard InChI is InChI=1S/C10H14N3O5S/c1-8-7-19(16,17)5-4-12(8)11-6-9-2-3-10(18-9)13(14)15/h2-3,6,8,11H,4-5,7H2,1H3/q-1/t8-/m0/s1. The fourth-order valence-corrected chi connectivity index (χ4v) is 3.41. The number of rotatable bonds is 2. The van der Waals surface area contributed by atoms with Gasteiger partial charge in [-0.1, -0.05) is 0 Å². The quantitative estimate of drug-likeness (QED) is 0.536. The molecule has 2 heterocycles. The number of ether oxygens (including phenoxy) is 1. The molecule has 0 unspecified atom stereocenters. The Bertz CT molecular complexity index is 548. The molecule has 0 saturated carbocycles. The molecular weight excluding hydrogens is 274 g/mol. The zero-order valence-electron chi connectivity index (χ0n) is 10.3. The second-order valence-electron chi connectivity index (χ2n) is 4.36. The highest BCUT2D eigenvalue weighted by atomic mass is 32.2. The highest BCUT2D eigenvalue weighted by molar-refractivity contribution is 7.91. The lowest BCUT2D eigenvalue weighted by atomic mass is 10.3. The first-order valence-electron chi connectivity index (χ1n) is 5.68. The fourth-order valence-electron chi connectivity index (χ4n) is 1.85. The predicted molar refractivity (Wildman–Crippen MR) is 68.3 cm³/mol. The van der Waals surface area contributed by atoms with Crippen LogP contribution in [0.25, 0.3) is 0 Å². The molecule has 0 spiro atoms. The molecule has 0 aromatic rings. The summed E-state index contributed by atoms with van der Waals surface area (Å²) in [5, 5.41) is 22.6. The van der Waals surface area contributed by atoms with Crippen LogP contribution in [0.5, 0.6) is 0 Å². The summed E-state index contributed by atoms with van der Waals surface area (Å²) in [5.41, 5.74) is 2.91. The molecule has 9 heteroatoms. The van der Waals surface area contributed by atoms with Gasteiger partial charge in [0.2, 0.25) is 0 Å². The summed E-state index contributed by atoms with van der Waals surface area (Å²) in [5.74, 6) is 0.164. The van der Waals surface area contributed by atoms with Crippen LogP contribution in [-0.4, -0.2) is 48.3 Å². The third-order valence-electron chi connectivity index (χ3n) is 2.84. The average Bonchev–Trinajstić information content (AvgIpc) is 2.75. The van der Waals surface area contributed by atoms with Gasteiger partial charge in [-0.2, -0.15) is 0 Å². The maximum Gasteiger partial charge on any atom is 0.391 e. The van der Waals surface area contributed by atoms with E-state index in [4.69, 9.17) is 4.74 Å². The van der Waals surface area contributed by atoms with Crippen molar-refractivity contribution in [1.29, 1.82) is 0 Å². The number of sulfone groups is 1. The lowest BCUT2D eigenvalue weighted by molar-refractivity contribution is -0.388. The molecule has 1 saturated heterocycles. The van der Waals surface area contributed by atoms with E-state index >= 15 is 0 Å². The maximum absolute atomic E-state index is 11.4. The first-order chi connectivity index (χ1) is 8.87. The minimum absolute atomic E-state index is 0.0894. The molecule has 0 aromatic carbocycles. The Morgan fingerprint density at radius 1 is 1.53 bits per heavy atom. The molecule has 106 valence electrons. The van der Waals surface area contributed by atoms with Gasteiger partial charge in [-0.25, -0.2) is 13.4 Å². The average molecular weight is 288 g/mol. The van der Waals surface area contributed by atoms with Gasteiger partial charge in [0.25, 0.3) is 0 Å². The van der Waals surface area contributed by atoms with Crippen molar-refractivity contribution >= 4 is 15.7 Å². The number of nitrogens with one attached hydrogen (secondary N) is 1. The molecule has 0 bridgehead atoms. The maximum atomic E-state index is 11.4. The monoisotopic (exact) mass is 288 g/mol. The normalized spacial score (nSPS) is 28.4. The van der Waals surface area contributed by atoms with Crippen molar-refractivity contribution < 1.29 is 18.1 Å². The van der Waals surface area contributed by atoms with Gasteiger partial charge in [0, 0.05) is 12.6 Å². The molecular formula is C10H14N3O5S-. The molecule has 8 nitrogen and oxygen atoms in total. The van der Waals surface area contributed by atoms with Crippen molar-refractivity contribution in [3.05, 3.63) is 34.5 Å². The number of allylic oxidation sites excluding steroid dienone is 1. The van der Waals surface area contributed by atoms with Gasteiger partial charge < -0.3 is 20.6 Å². The number of hydrogen-bond acceptors (Lipinski definition) is 7. The minimum atomic E-state index is -2.96. The Labute approximate surface area is 110 Å². The summed E-state index contributed by atoms with van der Waals surface area (Å²) in [6, 6.07) is -0.167. The largest absolute Gasteiger partial charge is 0.610 e. The van der Waals surface area contributed by atoms with Crippen molar-refractivity contribution in [2.45, 2.75) is 13.0 Å². The van der Waals surface area contributed by atoms with Crippen molar-refractivity contribution in [2.75, 3.05) is 18.1 Å². The first kappa shape index (κ1) is 13.7. The molecule has 1 N–H and O–H groups in total. The van der Waals surface area contributed by atoms with Crippen molar-refractivity contribution in [3.8, 4) is 0 Å². The minimum Gasteiger partial charge on any atom is -0.610 e. The van der Waals surface area contributed by atoms with Crippen molar-refractivity contribution in [1.82, 2.24) is 10.4 Å². The summed E-state index contributed by atoms with van der Waals surface area (Å²) in [6.07, 6.45) is 4.20. The summed E-state index contributed by atoms with van der Waals surface area (Å²) < 4.78 is 27.8. The van der Waals surface area contributed by atoms with Crippen LogP contribution in [0, 0.1) is 10.4 Å². The van der Waals surface area contributed by atoms with E-state index < -0.39 is 14.7 Å². The van der Waals surface area contributed by atoms with Gasteiger partial charge in [0.05, 0.1) is 23.8 Å². The van der Waals surface area contributed by atoms with Gasteiger partial charge in [-0.3, -0.25) is 0 Å². The lowest BCUT2D eigenvalue weighted by Crippen LogP contribution is -2.51. The molecule has 2 rings (SSSR count). The van der Waals surface area contributed by atoms with Gasteiger partial charge >= 0.3 is 5.90 Å². The Morgan fingerprint density at radius 3 is 2.84 bits per heavy atom. The van der Waals surface area contributed by atoms with E-state index in [2.05, 4.69) is 5.43 Å². The van der Waals surface area contributed by atoms with Gasteiger partial charge in [-0.15, -0.1) is 4.90 Å². The van der Waals surface area contributed by atoms with Crippen LogP contribution < -0.4 is 5.43 Å². The topological polar surface area (TPSA) is 108 Å². The zero-order valence-corrected chi connectivity index (χ0v) is 11.1. The zero-order chi connectivity index (χ0) is 14.0. The molecule has 2 aliphatic rings. The van der Waals surface area contributed by atoms with Gasteiger partial charge in [-0.05, 0) is 13.0 Å². The van der Waals surface area contributed by atoms with Crippen LogP contribution in [-0.2, 0) is 14.6 Å². The smallest absolute Gasteiger partial charge is 0.391 e. The van der Waals surface area contributed by atoms with E-state index in [-0.39, 0.29) is 23.4 Å². The highest BCUT2D eigenvalue weighted by Gasteiger charge is 2.27. The van der Waals surface area contributed by atoms with E-state index in [0.29, 0.717) is 12.3 Å². The highest BCUT2D eigenvalue weighted by Crippen LogP contribution is 2.12. The van der Waals surface area contributed by atoms with Crippen molar-refractivity contribution in [3.63, 3.8) is 0 Å². The Morgan fingerprint density at radius 2 is 2.26 bits per heavy atom. The van der Waals surface area contributed by atoms with E-state index in [9.17, 15) is 18.8 Å². The molecule has 0 radical (unpaired) electrons. The van der Waals surface area contributed by atoms with Crippen LogP contribution in [0.4, 0.5) is 0 Å². The van der Waals surface area contributed by atoms with Crippen molar-refractivity contribution in [2.24, 2.45) is 0 Å². The van der Waals surface area contributed by atoms with Crippen LogP contribution >= 0.6 is 0 Å². The SMILES string of the molecule is C[C@H]1CS(=O)(=O)CCN1NC=C1C=CC(=[N+]([O-])[O-])O1. The fraction of sp³-hybridized carbons (Fsp3) is 0.500. The molecule has 0 aliphatic carbocycles. The second kappa shape index (κ2) is 5.10. The van der Waals surface area contributed by atoms with E-state index in [1.54, 1.807) is 11.9 Å². The van der Waals surface area contributed by atoms with E-state index in [0.717, 1.165) is 0 Å². The van der Waals surface area contributed by atoms with E-state index in [1.807, 2.05) is 0 Å². The molecule has 0 aromatic heterocycles. The van der Waals surface area contributed by atoms with Gasteiger partial charge in [0.1, 0.15) is 0 Å². The van der Waals surface area contributed by atoms with Gasteiger partial charge in [0.15, 0.2) is 15.6 Å². The second-order valence-corrected chi connectivity index (χ2v) is 6.59. The summed E-state index contributed by atoms with van der Waals surface area (Å²) in [4.78, 5) is -0.618. The summed E-state index contributed by atoms with van der Waals surface area (Å²) in [7, 11) is -2.96. The Hall–Kier alpha value is -1.74. The van der Waals surface area contributed by atoms with Crippen LogP contribution in [0.2, 0.25) is 0 Å². The molecule has 0 amide bonds. The number of nitrogens with zero attached hydrogens (tertiary/aromatic N) is 2. The Kier molecular flexibility index (Phi) is 3.67. The Balaban J connectivity index is 1.94. The lowest BCUT2D eigenvalue weighted by Gasteiger charge is -2.32. The van der Waals surface area contributed by atoms with Crippen LogP contribution in [0.1, 0.15) is 6.92 Å². The third kappa shape index (κ3) is 3.38. The van der Waals surface area contributed by atoms with E-state index in [1.165, 1.54) is 18.4 Å². The van der Waals surface area contributed by atoms with Crippen LogP contribution in [0.3, 0.4) is 0 Å². The molecule has 19 heavy (non-hydrogen) atoms. The number of hydrazine groups is 1. The van der Waals surface area contributed by atoms with Crippen LogP contribution in [0.15, 0.2) is 24.1 Å².